The maximum atomic E-state index is 14.0. The molecule has 4 aliphatic rings. The molecule has 1 atom stereocenters. The van der Waals surface area contributed by atoms with Gasteiger partial charge >= 0.3 is 0 Å². The van der Waals surface area contributed by atoms with Crippen LogP contribution in [0.1, 0.15) is 30.7 Å². The summed E-state index contributed by atoms with van der Waals surface area (Å²) in [5.41, 5.74) is 0.941. The normalized spacial score (nSPS) is 26.7. The van der Waals surface area contributed by atoms with Crippen LogP contribution in [0.25, 0.3) is 0 Å². The molecule has 1 spiro atoms. The average Bonchev–Trinajstić information content (AvgIpc) is 3.41. The molecule has 0 radical (unpaired) electrons. The van der Waals surface area contributed by atoms with Crippen LogP contribution in [0.2, 0.25) is 0 Å². The summed E-state index contributed by atoms with van der Waals surface area (Å²) in [6.07, 6.45) is 6.44. The number of ether oxygens (including phenoxy) is 3. The minimum absolute atomic E-state index is 0.0651. The van der Waals surface area contributed by atoms with Gasteiger partial charge in [0.05, 0.1) is 39.1 Å². The monoisotopic (exact) mass is 429 g/mol. The van der Waals surface area contributed by atoms with Crippen LogP contribution in [-0.4, -0.2) is 73.6 Å². The maximum absolute atomic E-state index is 14.0. The minimum Gasteiger partial charge on any atom is -0.485 e. The van der Waals surface area contributed by atoms with Crippen LogP contribution in [0, 0.1) is 5.82 Å². The fourth-order valence-corrected chi connectivity index (χ4v) is 5.41. The highest BCUT2D eigenvalue weighted by Gasteiger charge is 2.52. The highest BCUT2D eigenvalue weighted by atomic mass is 19.1. The van der Waals surface area contributed by atoms with Gasteiger partial charge in [-0.3, -0.25) is 4.90 Å². The molecule has 4 fully saturated rings. The molecule has 5 heterocycles. The Bertz CT molecular complexity index is 906. The fourth-order valence-electron chi connectivity index (χ4n) is 5.41. The van der Waals surface area contributed by atoms with Gasteiger partial charge in [0.15, 0.2) is 0 Å². The largest absolute Gasteiger partial charge is 0.485 e. The van der Waals surface area contributed by atoms with Crippen molar-refractivity contribution in [2.75, 3.05) is 50.9 Å². The molecule has 0 N–H and O–H groups in total. The van der Waals surface area contributed by atoms with Gasteiger partial charge in [0.1, 0.15) is 29.5 Å². The number of oxazole rings is 1. The van der Waals surface area contributed by atoms with Gasteiger partial charge in [0.25, 0.3) is 6.01 Å². The summed E-state index contributed by atoms with van der Waals surface area (Å²) in [5, 5.41) is 0. The van der Waals surface area contributed by atoms with Crippen molar-refractivity contribution < 1.29 is 23.0 Å². The number of hydrogen-bond acceptors (Lipinski definition) is 7. The van der Waals surface area contributed by atoms with Crippen LogP contribution in [0.4, 0.5) is 10.4 Å². The number of hydrogen-bond donors (Lipinski definition) is 0. The average molecular weight is 429 g/mol. The van der Waals surface area contributed by atoms with Gasteiger partial charge in [-0.1, -0.05) is 0 Å². The van der Waals surface area contributed by atoms with E-state index in [1.165, 1.54) is 6.07 Å². The molecule has 8 heteroatoms. The van der Waals surface area contributed by atoms with E-state index in [4.69, 9.17) is 18.6 Å². The number of nitrogens with zero attached hydrogens (tertiary/aromatic N) is 3. The number of benzene rings is 1. The first-order valence-corrected chi connectivity index (χ1v) is 11.2. The standard InChI is InChI=1S/C23H28FN3O4/c24-17-1-2-21(31-19-12-28-13-19)20(9-17)16-3-6-26(7-4-16)18-10-23(30-11-18)14-27(15-23)22-25-5-8-29-22/h1-2,5,8-9,16,18-19H,3-4,6-7,10-15H2. The maximum Gasteiger partial charge on any atom is 0.297 e. The summed E-state index contributed by atoms with van der Waals surface area (Å²) >= 11 is 0. The predicted molar refractivity (Wildman–Crippen MR) is 111 cm³/mol. The molecule has 0 saturated carbocycles. The summed E-state index contributed by atoms with van der Waals surface area (Å²) in [6, 6.07) is 6.06. The molecule has 1 aromatic carbocycles. The molecule has 1 aromatic heterocycles. The molecule has 7 nitrogen and oxygen atoms in total. The Balaban J connectivity index is 1.05. The highest BCUT2D eigenvalue weighted by molar-refractivity contribution is 5.38. The van der Waals surface area contributed by atoms with Gasteiger partial charge in [-0.2, -0.15) is 0 Å². The SMILES string of the molecule is Fc1ccc(OC2COC2)c(C2CCN(C3COC4(C3)CN(c3ncco3)C4)CC2)c1. The van der Waals surface area contributed by atoms with Crippen LogP contribution >= 0.6 is 0 Å². The minimum atomic E-state index is -0.193. The molecule has 6 rings (SSSR count). The Hall–Kier alpha value is -2.16. The second-order valence-corrected chi connectivity index (χ2v) is 9.29. The van der Waals surface area contributed by atoms with Gasteiger partial charge < -0.3 is 23.5 Å². The van der Waals surface area contributed by atoms with Crippen molar-refractivity contribution in [3.8, 4) is 5.75 Å². The summed E-state index contributed by atoms with van der Waals surface area (Å²) in [6.45, 7) is 5.70. The Morgan fingerprint density at radius 1 is 1.13 bits per heavy atom. The van der Waals surface area contributed by atoms with Gasteiger partial charge in [-0.05, 0) is 56.5 Å². The van der Waals surface area contributed by atoms with Crippen molar-refractivity contribution in [3.05, 3.63) is 42.0 Å². The van der Waals surface area contributed by atoms with E-state index in [9.17, 15) is 4.39 Å². The van der Waals surface area contributed by atoms with E-state index in [1.807, 2.05) is 0 Å². The lowest BCUT2D eigenvalue weighted by Gasteiger charge is -2.46. The summed E-state index contributed by atoms with van der Waals surface area (Å²) in [7, 11) is 0. The van der Waals surface area contributed by atoms with Crippen LogP contribution in [0.5, 0.6) is 5.75 Å². The molecule has 0 bridgehead atoms. The predicted octanol–water partition coefficient (Wildman–Crippen LogP) is 2.82. The molecular weight excluding hydrogens is 401 g/mol. The van der Waals surface area contributed by atoms with Crippen molar-refractivity contribution in [3.63, 3.8) is 0 Å². The first-order valence-electron chi connectivity index (χ1n) is 11.2. The zero-order valence-corrected chi connectivity index (χ0v) is 17.5. The molecule has 1 unspecified atom stereocenters. The van der Waals surface area contributed by atoms with Gasteiger partial charge in [-0.15, -0.1) is 0 Å². The Morgan fingerprint density at radius 2 is 1.97 bits per heavy atom. The second kappa shape index (κ2) is 7.76. The first-order chi connectivity index (χ1) is 15.2. The third-order valence-electron chi connectivity index (χ3n) is 7.20. The van der Waals surface area contributed by atoms with Crippen molar-refractivity contribution >= 4 is 6.01 Å². The lowest BCUT2D eigenvalue weighted by atomic mass is 9.86. The van der Waals surface area contributed by atoms with Gasteiger partial charge in [0.2, 0.25) is 0 Å². The summed E-state index contributed by atoms with van der Waals surface area (Å²) in [4.78, 5) is 8.91. The molecule has 0 amide bonds. The molecule has 31 heavy (non-hydrogen) atoms. The third kappa shape index (κ3) is 3.70. The van der Waals surface area contributed by atoms with E-state index in [0.29, 0.717) is 31.2 Å². The Kier molecular flexibility index (Phi) is 4.89. The lowest BCUT2D eigenvalue weighted by Crippen LogP contribution is -2.62. The van der Waals surface area contributed by atoms with Gasteiger partial charge in [0, 0.05) is 11.6 Å². The molecule has 4 saturated heterocycles. The van der Waals surface area contributed by atoms with Crippen LogP contribution in [0.3, 0.4) is 0 Å². The van der Waals surface area contributed by atoms with E-state index in [0.717, 1.165) is 63.4 Å². The quantitative estimate of drug-likeness (QED) is 0.724. The van der Waals surface area contributed by atoms with Crippen LogP contribution in [-0.2, 0) is 9.47 Å². The highest BCUT2D eigenvalue weighted by Crippen LogP contribution is 2.41. The van der Waals surface area contributed by atoms with Crippen molar-refractivity contribution in [2.45, 2.75) is 42.9 Å². The van der Waals surface area contributed by atoms with E-state index in [2.05, 4.69) is 14.8 Å². The fraction of sp³-hybridized carbons (Fsp3) is 0.609. The Morgan fingerprint density at radius 3 is 2.68 bits per heavy atom. The summed E-state index contributed by atoms with van der Waals surface area (Å²) in [5.74, 6) is 0.946. The van der Waals surface area contributed by atoms with Crippen molar-refractivity contribution in [1.29, 1.82) is 0 Å². The molecule has 2 aromatic rings. The van der Waals surface area contributed by atoms with Crippen molar-refractivity contribution in [2.24, 2.45) is 0 Å². The first kappa shape index (κ1) is 19.5. The lowest BCUT2D eigenvalue weighted by molar-refractivity contribution is -0.0801. The zero-order chi connectivity index (χ0) is 20.8. The van der Waals surface area contributed by atoms with E-state index in [-0.39, 0.29) is 17.5 Å². The van der Waals surface area contributed by atoms with Crippen molar-refractivity contribution in [1.82, 2.24) is 9.88 Å². The molecule has 0 aliphatic carbocycles. The van der Waals surface area contributed by atoms with E-state index < -0.39 is 0 Å². The zero-order valence-electron chi connectivity index (χ0n) is 17.5. The number of anilines is 1. The number of piperidine rings is 1. The molecule has 166 valence electrons. The third-order valence-corrected chi connectivity index (χ3v) is 7.20. The van der Waals surface area contributed by atoms with E-state index >= 15 is 0 Å². The van der Waals surface area contributed by atoms with E-state index in [1.54, 1.807) is 24.6 Å². The number of rotatable bonds is 5. The summed E-state index contributed by atoms with van der Waals surface area (Å²) < 4.78 is 36.9. The smallest absolute Gasteiger partial charge is 0.297 e. The molecule has 4 aliphatic heterocycles. The van der Waals surface area contributed by atoms with Gasteiger partial charge in [-0.25, -0.2) is 9.37 Å². The topological polar surface area (TPSA) is 60.2 Å². The van der Waals surface area contributed by atoms with Crippen LogP contribution < -0.4 is 9.64 Å². The molecular formula is C23H28FN3O4. The number of aromatic nitrogens is 1. The number of halogens is 1. The Labute approximate surface area is 181 Å². The van der Waals surface area contributed by atoms with Crippen LogP contribution in [0.15, 0.2) is 35.1 Å². The second-order valence-electron chi connectivity index (χ2n) is 9.29. The number of likely N-dealkylation sites (tertiary alicyclic amines) is 1.